The summed E-state index contributed by atoms with van der Waals surface area (Å²) < 4.78 is 0. The van der Waals surface area contributed by atoms with Crippen molar-refractivity contribution in [2.24, 2.45) is 16.2 Å². The van der Waals surface area contributed by atoms with Gasteiger partial charge in [0.25, 0.3) is 0 Å². The van der Waals surface area contributed by atoms with Crippen molar-refractivity contribution in [3.05, 3.63) is 0 Å². The molecule has 2 atom stereocenters. The molecule has 0 spiro atoms. The van der Waals surface area contributed by atoms with E-state index in [2.05, 4.69) is 0 Å². The third-order valence-corrected chi connectivity index (χ3v) is 3.55. The molecular formula is C13H26O2. The van der Waals surface area contributed by atoms with Gasteiger partial charge in [-0.25, -0.2) is 0 Å². The first-order valence-electron chi connectivity index (χ1n) is 5.58. The number of aliphatic hydroxyl groups is 1. The van der Waals surface area contributed by atoms with E-state index in [-0.39, 0.29) is 11.2 Å². The van der Waals surface area contributed by atoms with Gasteiger partial charge in [0, 0.05) is 5.41 Å². The molecule has 2 nitrogen and oxygen atoms in total. The number of carbonyl (C=O) groups excluding carboxylic acids is 1. The van der Waals surface area contributed by atoms with E-state index >= 15 is 0 Å². The average Bonchev–Trinajstić information content (AvgIpc) is 1.97. The van der Waals surface area contributed by atoms with Gasteiger partial charge in [-0.05, 0) is 19.3 Å². The lowest BCUT2D eigenvalue weighted by atomic mass is 9.58. The Kier molecular flexibility index (Phi) is 3.80. The largest absolute Gasteiger partial charge is 0.392 e. The molecule has 0 aliphatic carbocycles. The molecule has 2 unspecified atom stereocenters. The quantitative estimate of drug-likeness (QED) is 0.767. The Morgan fingerprint density at radius 1 is 1.00 bits per heavy atom. The minimum Gasteiger partial charge on any atom is -0.392 e. The van der Waals surface area contributed by atoms with E-state index in [1.807, 2.05) is 48.5 Å². The van der Waals surface area contributed by atoms with Gasteiger partial charge in [0.2, 0.25) is 0 Å². The van der Waals surface area contributed by atoms with Crippen molar-refractivity contribution in [2.45, 2.75) is 61.5 Å². The molecule has 0 fully saturated rings. The maximum absolute atomic E-state index is 12.4. The molecule has 2 heteroatoms. The number of Topliss-reactive ketones (excluding diaryl/α,β-unsaturated/α-hetero) is 1. The predicted molar refractivity (Wildman–Crippen MR) is 63.7 cm³/mol. The fourth-order valence-corrected chi connectivity index (χ4v) is 1.94. The molecule has 90 valence electrons. The Balaban J connectivity index is 5.44. The van der Waals surface area contributed by atoms with Crippen LogP contribution in [0.2, 0.25) is 0 Å². The van der Waals surface area contributed by atoms with Gasteiger partial charge in [-0.3, -0.25) is 4.79 Å². The van der Waals surface area contributed by atoms with Crippen molar-refractivity contribution >= 4 is 5.78 Å². The third-order valence-electron chi connectivity index (χ3n) is 3.55. The topological polar surface area (TPSA) is 37.3 Å². The van der Waals surface area contributed by atoms with Crippen LogP contribution in [-0.4, -0.2) is 17.0 Å². The second-order valence-electron chi connectivity index (χ2n) is 6.71. The summed E-state index contributed by atoms with van der Waals surface area (Å²) in [5.41, 5.74) is -1.37. The molecule has 0 saturated heterocycles. The van der Waals surface area contributed by atoms with Crippen molar-refractivity contribution in [3.8, 4) is 0 Å². The minimum atomic E-state index is -0.703. The predicted octanol–water partition coefficient (Wildman–Crippen LogP) is 3.03. The Morgan fingerprint density at radius 3 is 1.40 bits per heavy atom. The van der Waals surface area contributed by atoms with E-state index < -0.39 is 16.9 Å². The zero-order valence-electron chi connectivity index (χ0n) is 11.4. The van der Waals surface area contributed by atoms with Crippen molar-refractivity contribution < 1.29 is 9.90 Å². The van der Waals surface area contributed by atoms with Gasteiger partial charge >= 0.3 is 0 Å². The van der Waals surface area contributed by atoms with Crippen molar-refractivity contribution in [3.63, 3.8) is 0 Å². The molecule has 0 aromatic rings. The number of aliphatic hydroxyl groups excluding tert-OH is 1. The maximum Gasteiger partial charge on any atom is 0.147 e. The molecule has 0 amide bonds. The van der Waals surface area contributed by atoms with Gasteiger partial charge in [0.1, 0.15) is 5.78 Å². The van der Waals surface area contributed by atoms with Crippen LogP contribution in [0, 0.1) is 16.2 Å². The zero-order valence-corrected chi connectivity index (χ0v) is 11.4. The van der Waals surface area contributed by atoms with Crippen LogP contribution in [0.4, 0.5) is 0 Å². The first-order valence-corrected chi connectivity index (χ1v) is 5.58. The van der Waals surface area contributed by atoms with E-state index in [0.717, 1.165) is 0 Å². The van der Waals surface area contributed by atoms with Crippen molar-refractivity contribution in [2.75, 3.05) is 0 Å². The first-order chi connectivity index (χ1) is 6.35. The molecule has 0 radical (unpaired) electrons. The van der Waals surface area contributed by atoms with Crippen LogP contribution in [0.15, 0.2) is 0 Å². The molecule has 0 aliphatic heterocycles. The lowest BCUT2D eigenvalue weighted by Crippen LogP contribution is -2.52. The Bertz CT molecular complexity index is 240. The number of hydrogen-bond acceptors (Lipinski definition) is 2. The molecule has 0 rings (SSSR count). The third kappa shape index (κ3) is 2.60. The normalized spacial score (nSPS) is 19.5. The smallest absolute Gasteiger partial charge is 0.147 e. The summed E-state index contributed by atoms with van der Waals surface area (Å²) in [6.45, 7) is 15.3. The average molecular weight is 214 g/mol. The van der Waals surface area contributed by atoms with E-state index in [1.165, 1.54) is 0 Å². The van der Waals surface area contributed by atoms with Crippen molar-refractivity contribution in [1.82, 2.24) is 0 Å². The van der Waals surface area contributed by atoms with Gasteiger partial charge in [0.05, 0.1) is 11.5 Å². The van der Waals surface area contributed by atoms with Gasteiger partial charge in [-0.2, -0.15) is 0 Å². The van der Waals surface area contributed by atoms with Crippen LogP contribution in [0.1, 0.15) is 55.4 Å². The molecule has 0 saturated carbocycles. The Hall–Kier alpha value is -0.370. The van der Waals surface area contributed by atoms with Crippen LogP contribution in [0.25, 0.3) is 0 Å². The molecule has 0 aromatic heterocycles. The minimum absolute atomic E-state index is 0.123. The molecule has 0 heterocycles. The van der Waals surface area contributed by atoms with Crippen LogP contribution in [0.3, 0.4) is 0 Å². The standard InChI is InChI=1S/C13H26O2/c1-9(14)13(8,12(5,6)7)10(15)11(2,3)4/h9,14H,1-8H3. The monoisotopic (exact) mass is 214 g/mol. The molecular weight excluding hydrogens is 188 g/mol. The highest BCUT2D eigenvalue weighted by Crippen LogP contribution is 2.46. The van der Waals surface area contributed by atoms with Crippen molar-refractivity contribution in [1.29, 1.82) is 0 Å². The molecule has 0 aromatic carbocycles. The highest BCUT2D eigenvalue weighted by molar-refractivity contribution is 5.90. The van der Waals surface area contributed by atoms with Crippen LogP contribution >= 0.6 is 0 Å². The summed E-state index contributed by atoms with van der Waals surface area (Å²) >= 11 is 0. The van der Waals surface area contributed by atoms with Gasteiger partial charge < -0.3 is 5.11 Å². The second kappa shape index (κ2) is 3.89. The fraction of sp³-hybridized carbons (Fsp3) is 0.923. The summed E-state index contributed by atoms with van der Waals surface area (Å²) in [6, 6.07) is 0. The molecule has 0 bridgehead atoms. The van der Waals surface area contributed by atoms with Gasteiger partial charge in [0.15, 0.2) is 0 Å². The fourth-order valence-electron chi connectivity index (χ4n) is 1.94. The second-order valence-corrected chi connectivity index (χ2v) is 6.71. The molecule has 0 aliphatic rings. The molecule has 1 N–H and O–H groups in total. The van der Waals surface area contributed by atoms with E-state index in [1.54, 1.807) is 6.92 Å². The van der Waals surface area contributed by atoms with E-state index in [4.69, 9.17) is 0 Å². The summed E-state index contributed by atoms with van der Waals surface area (Å²) in [6.07, 6.45) is -0.635. The number of hydrogen-bond donors (Lipinski definition) is 1. The maximum atomic E-state index is 12.4. The van der Waals surface area contributed by atoms with E-state index in [0.29, 0.717) is 0 Å². The SMILES string of the molecule is CC(O)C(C)(C(=O)C(C)(C)C)C(C)(C)C. The summed E-state index contributed by atoms with van der Waals surface area (Å²) in [7, 11) is 0. The number of ketones is 1. The zero-order chi connectivity index (χ0) is 12.7. The Morgan fingerprint density at radius 2 is 1.33 bits per heavy atom. The lowest BCUT2D eigenvalue weighted by Gasteiger charge is -2.46. The number of rotatable bonds is 2. The summed E-state index contributed by atoms with van der Waals surface area (Å²) in [5, 5.41) is 9.92. The summed E-state index contributed by atoms with van der Waals surface area (Å²) in [5.74, 6) is 0.123. The number of carbonyl (C=O) groups is 1. The first kappa shape index (κ1) is 14.6. The molecule has 15 heavy (non-hydrogen) atoms. The highest BCUT2D eigenvalue weighted by Gasteiger charge is 2.50. The van der Waals surface area contributed by atoms with Crippen LogP contribution in [0.5, 0.6) is 0 Å². The van der Waals surface area contributed by atoms with E-state index in [9.17, 15) is 9.90 Å². The van der Waals surface area contributed by atoms with Gasteiger partial charge in [-0.1, -0.05) is 41.5 Å². The summed E-state index contributed by atoms with van der Waals surface area (Å²) in [4.78, 5) is 12.4. The van der Waals surface area contributed by atoms with Crippen LogP contribution in [-0.2, 0) is 4.79 Å². The highest BCUT2D eigenvalue weighted by atomic mass is 16.3. The Labute approximate surface area is 94.1 Å². The lowest BCUT2D eigenvalue weighted by molar-refractivity contribution is -0.151. The van der Waals surface area contributed by atoms with Gasteiger partial charge in [-0.15, -0.1) is 0 Å². The van der Waals surface area contributed by atoms with Crippen LogP contribution < -0.4 is 0 Å².